The summed E-state index contributed by atoms with van der Waals surface area (Å²) in [6.45, 7) is 0. The van der Waals surface area contributed by atoms with Crippen LogP contribution in [0.4, 0.5) is 10.7 Å². The van der Waals surface area contributed by atoms with Crippen molar-refractivity contribution in [3.63, 3.8) is 0 Å². The van der Waals surface area contributed by atoms with E-state index >= 15 is 0 Å². The van der Waals surface area contributed by atoms with E-state index < -0.39 is 0 Å². The van der Waals surface area contributed by atoms with Crippen LogP contribution in [0.2, 0.25) is 0 Å². The molecular formula is C19H23N5O2S2. The Kier molecular flexibility index (Phi) is 5.45. The number of thiophene rings is 1. The summed E-state index contributed by atoms with van der Waals surface area (Å²) in [7, 11) is 1.90. The first kappa shape index (κ1) is 19.1. The molecule has 4 N–H and O–H groups in total. The molecule has 0 spiro atoms. The van der Waals surface area contributed by atoms with E-state index in [9.17, 15) is 9.90 Å². The molecule has 0 radical (unpaired) electrons. The molecule has 1 unspecified atom stereocenters. The van der Waals surface area contributed by atoms with Gasteiger partial charge < -0.3 is 20.7 Å². The molecule has 2 aromatic heterocycles. The van der Waals surface area contributed by atoms with Gasteiger partial charge in [-0.05, 0) is 49.8 Å². The van der Waals surface area contributed by atoms with Crippen LogP contribution in [0, 0.1) is 0 Å². The van der Waals surface area contributed by atoms with Gasteiger partial charge in [0.1, 0.15) is 16.6 Å². The van der Waals surface area contributed by atoms with Gasteiger partial charge in [0.25, 0.3) is 0 Å². The van der Waals surface area contributed by atoms with Crippen LogP contribution >= 0.6 is 23.1 Å². The highest BCUT2D eigenvalue weighted by atomic mass is 32.2. The van der Waals surface area contributed by atoms with Crippen LogP contribution in [0.25, 0.3) is 0 Å². The monoisotopic (exact) mass is 417 g/mol. The molecule has 1 amide bonds. The minimum atomic E-state index is -0.0923. The number of aromatic nitrogens is 3. The second kappa shape index (κ2) is 8.00. The molecule has 7 nitrogen and oxygen atoms in total. The molecule has 148 valence electrons. The summed E-state index contributed by atoms with van der Waals surface area (Å²) in [6, 6.07) is 0. The Hall–Kier alpha value is -2.26. The van der Waals surface area contributed by atoms with Crippen LogP contribution in [0.3, 0.4) is 0 Å². The average Bonchev–Trinajstić information content (AvgIpc) is 3.21. The first-order chi connectivity index (χ1) is 13.5. The number of aryl methyl sites for hydroxylation is 1. The summed E-state index contributed by atoms with van der Waals surface area (Å²) in [5.74, 6) is 1.33. The lowest BCUT2D eigenvalue weighted by Crippen LogP contribution is -2.15. The van der Waals surface area contributed by atoms with Crippen molar-refractivity contribution in [2.75, 3.05) is 16.8 Å². The number of amides is 1. The molecule has 2 heterocycles. The smallest absolute Gasteiger partial charge is 0.235 e. The minimum Gasteiger partial charge on any atom is -0.508 e. The lowest BCUT2D eigenvalue weighted by molar-refractivity contribution is -0.113. The van der Waals surface area contributed by atoms with Crippen LogP contribution in [0.15, 0.2) is 29.1 Å². The second-order valence-electron chi connectivity index (χ2n) is 7.02. The number of aliphatic hydroxyl groups excluding tert-OH is 1. The van der Waals surface area contributed by atoms with E-state index in [2.05, 4.69) is 15.5 Å². The molecule has 9 heteroatoms. The largest absolute Gasteiger partial charge is 0.508 e. The average molecular weight is 418 g/mol. The predicted octanol–water partition coefficient (Wildman–Crippen LogP) is 3.55. The molecule has 1 atom stereocenters. The van der Waals surface area contributed by atoms with Gasteiger partial charge in [0, 0.05) is 17.8 Å². The number of nitrogens with one attached hydrogen (secondary N) is 1. The Balaban J connectivity index is 1.37. The van der Waals surface area contributed by atoms with E-state index in [0.29, 0.717) is 11.6 Å². The third-order valence-electron chi connectivity index (χ3n) is 5.08. The number of fused-ring (bicyclic) bond motifs is 1. The number of nitrogen functional groups attached to an aromatic ring is 1. The fourth-order valence-corrected chi connectivity index (χ4v) is 5.50. The summed E-state index contributed by atoms with van der Waals surface area (Å²) in [5.41, 5.74) is 8.19. The Morgan fingerprint density at radius 1 is 1.43 bits per heavy atom. The van der Waals surface area contributed by atoms with Gasteiger partial charge >= 0.3 is 0 Å². The number of nitrogens with zero attached hydrogens (tertiary/aromatic N) is 3. The van der Waals surface area contributed by atoms with Crippen molar-refractivity contribution < 1.29 is 9.90 Å². The fourth-order valence-electron chi connectivity index (χ4n) is 3.55. The summed E-state index contributed by atoms with van der Waals surface area (Å²) in [4.78, 5) is 13.7. The second-order valence-corrected chi connectivity index (χ2v) is 9.07. The molecule has 2 aliphatic carbocycles. The first-order valence-corrected chi connectivity index (χ1v) is 11.1. The van der Waals surface area contributed by atoms with Gasteiger partial charge in [-0.3, -0.25) is 4.79 Å². The van der Waals surface area contributed by atoms with Crippen molar-refractivity contribution in [2.45, 2.75) is 43.2 Å². The number of hydrogen-bond donors (Lipinski definition) is 3. The highest BCUT2D eigenvalue weighted by Crippen LogP contribution is 2.40. The lowest BCUT2D eigenvalue weighted by atomic mass is 9.98. The number of carbonyl (C=O) groups excluding carboxylic acids is 1. The van der Waals surface area contributed by atoms with E-state index in [1.54, 1.807) is 23.5 Å². The molecule has 0 aromatic carbocycles. The van der Waals surface area contributed by atoms with Gasteiger partial charge in [0.2, 0.25) is 5.91 Å². The first-order valence-electron chi connectivity index (χ1n) is 9.32. The number of aliphatic hydroxyl groups is 1. The maximum Gasteiger partial charge on any atom is 0.235 e. The van der Waals surface area contributed by atoms with Crippen molar-refractivity contribution in [2.24, 2.45) is 7.05 Å². The molecule has 0 saturated heterocycles. The van der Waals surface area contributed by atoms with E-state index in [-0.39, 0.29) is 23.3 Å². The summed E-state index contributed by atoms with van der Waals surface area (Å²) in [6.07, 6.45) is 10.5. The maximum atomic E-state index is 12.4. The zero-order valence-corrected chi connectivity index (χ0v) is 17.3. The fraction of sp³-hybridized carbons (Fsp3) is 0.421. The van der Waals surface area contributed by atoms with Gasteiger partial charge in [-0.15, -0.1) is 21.5 Å². The molecule has 28 heavy (non-hydrogen) atoms. The summed E-state index contributed by atoms with van der Waals surface area (Å²) >= 11 is 2.96. The highest BCUT2D eigenvalue weighted by Gasteiger charge is 2.21. The van der Waals surface area contributed by atoms with Crippen molar-refractivity contribution in [1.82, 2.24) is 14.8 Å². The zero-order valence-electron chi connectivity index (χ0n) is 15.6. The van der Waals surface area contributed by atoms with Crippen LogP contribution in [-0.2, 0) is 24.7 Å². The third kappa shape index (κ3) is 3.81. The van der Waals surface area contributed by atoms with Crippen LogP contribution < -0.4 is 11.1 Å². The van der Waals surface area contributed by atoms with Gasteiger partial charge in [0.05, 0.1) is 11.4 Å². The van der Waals surface area contributed by atoms with Gasteiger partial charge in [-0.2, -0.15) is 0 Å². The number of thioether (sulfide) groups is 1. The number of rotatable bonds is 5. The minimum absolute atomic E-state index is 0.0776. The van der Waals surface area contributed by atoms with Crippen molar-refractivity contribution in [1.29, 1.82) is 0 Å². The predicted molar refractivity (Wildman–Crippen MR) is 113 cm³/mol. The van der Waals surface area contributed by atoms with E-state index in [1.807, 2.05) is 17.7 Å². The number of allylic oxidation sites excluding steroid dienone is 3. The van der Waals surface area contributed by atoms with Gasteiger partial charge in [-0.25, -0.2) is 0 Å². The Morgan fingerprint density at radius 2 is 2.25 bits per heavy atom. The molecule has 0 fully saturated rings. The van der Waals surface area contributed by atoms with Gasteiger partial charge in [0.15, 0.2) is 5.16 Å². The standard InChI is InChI=1S/C19H23N5O2S2/c1-24-17(11-6-8-12(25)9-7-11)22-23-19(24)27-10-15(26)21-18-16(20)13-4-2-3-5-14(13)28-18/h6,8-9,11,25H,2-5,7,10,20H2,1H3,(H,21,26). The normalized spacial score (nSPS) is 18.6. The molecular weight excluding hydrogens is 394 g/mol. The number of nitrogens with two attached hydrogens (primary N) is 1. The number of carbonyl (C=O) groups is 1. The topological polar surface area (TPSA) is 106 Å². The summed E-state index contributed by atoms with van der Waals surface area (Å²) < 4.78 is 1.90. The van der Waals surface area contributed by atoms with Crippen molar-refractivity contribution in [3.8, 4) is 0 Å². The van der Waals surface area contributed by atoms with Gasteiger partial charge in [-0.1, -0.05) is 17.8 Å². The Labute approximate surface area is 171 Å². The highest BCUT2D eigenvalue weighted by molar-refractivity contribution is 7.99. The molecule has 0 aliphatic heterocycles. The van der Waals surface area contributed by atoms with E-state index in [1.165, 1.54) is 28.6 Å². The number of anilines is 2. The quantitative estimate of drug-likeness (QED) is 0.643. The van der Waals surface area contributed by atoms with E-state index in [4.69, 9.17) is 5.73 Å². The van der Waals surface area contributed by atoms with Crippen LogP contribution in [0.5, 0.6) is 0 Å². The van der Waals surface area contributed by atoms with Crippen LogP contribution in [-0.4, -0.2) is 31.5 Å². The Bertz CT molecular complexity index is 960. The molecule has 4 rings (SSSR count). The Morgan fingerprint density at radius 3 is 3.00 bits per heavy atom. The molecule has 2 aromatic rings. The van der Waals surface area contributed by atoms with E-state index in [0.717, 1.165) is 35.8 Å². The maximum absolute atomic E-state index is 12.4. The SMILES string of the molecule is Cn1c(SCC(=O)Nc2sc3c(c2N)CCCC3)nnc1C1C=CC(O)=CC1. The third-order valence-corrected chi connectivity index (χ3v) is 7.32. The summed E-state index contributed by atoms with van der Waals surface area (Å²) in [5, 5.41) is 22.4. The van der Waals surface area contributed by atoms with Crippen molar-refractivity contribution >= 4 is 39.7 Å². The van der Waals surface area contributed by atoms with Crippen LogP contribution in [0.1, 0.15) is 41.4 Å². The molecule has 2 aliphatic rings. The number of hydrogen-bond acceptors (Lipinski definition) is 7. The molecule has 0 bridgehead atoms. The van der Waals surface area contributed by atoms with Crippen molar-refractivity contribution in [3.05, 3.63) is 40.3 Å². The molecule has 0 saturated carbocycles. The zero-order chi connectivity index (χ0) is 19.7. The lowest BCUT2D eigenvalue weighted by Gasteiger charge is -2.13.